The van der Waals surface area contributed by atoms with Crippen LogP contribution in [0.5, 0.6) is 0 Å². The van der Waals surface area contributed by atoms with Crippen LogP contribution < -0.4 is 10.6 Å². The number of piperidine rings is 1. The van der Waals surface area contributed by atoms with Crippen LogP contribution in [0.2, 0.25) is 0 Å². The summed E-state index contributed by atoms with van der Waals surface area (Å²) in [5.74, 6) is 0. The van der Waals surface area contributed by atoms with Crippen molar-refractivity contribution in [2.75, 3.05) is 19.6 Å². The van der Waals surface area contributed by atoms with Gasteiger partial charge in [0.2, 0.25) is 0 Å². The van der Waals surface area contributed by atoms with Gasteiger partial charge in [0, 0.05) is 6.04 Å². The fraction of sp³-hybridized carbons (Fsp3) is 0.857. The highest BCUT2D eigenvalue weighted by Crippen LogP contribution is 2.00. The van der Waals surface area contributed by atoms with Crippen LogP contribution in [-0.4, -0.2) is 25.7 Å². The molecule has 0 bridgehead atoms. The van der Waals surface area contributed by atoms with Crippen molar-refractivity contribution in [2.45, 2.75) is 18.9 Å². The lowest BCUT2D eigenvalue weighted by Gasteiger charge is -2.22. The van der Waals surface area contributed by atoms with Crippen molar-refractivity contribution in [2.24, 2.45) is 0 Å². The molecule has 0 saturated carbocycles. The summed E-state index contributed by atoms with van der Waals surface area (Å²) in [6.07, 6.45) is 2.52. The molecular weight excluding hydrogens is 112 g/mol. The van der Waals surface area contributed by atoms with Gasteiger partial charge in [-0.15, -0.1) is 0 Å². The van der Waals surface area contributed by atoms with Gasteiger partial charge >= 0.3 is 0 Å². The summed E-state index contributed by atoms with van der Waals surface area (Å²) in [7, 11) is 0. The fourth-order valence-electron chi connectivity index (χ4n) is 1.23. The lowest BCUT2D eigenvalue weighted by molar-refractivity contribution is 0.399. The third-order valence-electron chi connectivity index (χ3n) is 1.77. The molecule has 0 unspecified atom stereocenters. The van der Waals surface area contributed by atoms with Gasteiger partial charge in [-0.25, -0.2) is 0 Å². The molecule has 0 atom stereocenters. The van der Waals surface area contributed by atoms with E-state index in [4.69, 9.17) is 0 Å². The fourth-order valence-corrected chi connectivity index (χ4v) is 1.23. The largest absolute Gasteiger partial charge is 0.317 e. The van der Waals surface area contributed by atoms with Crippen LogP contribution >= 0.6 is 0 Å². The Morgan fingerprint density at radius 3 is 2.67 bits per heavy atom. The predicted octanol–water partition coefficient (Wildman–Crippen LogP) is 0.162. The lowest BCUT2D eigenvalue weighted by atomic mass is 10.1. The number of hydrogen-bond donors (Lipinski definition) is 2. The molecule has 9 heavy (non-hydrogen) atoms. The third kappa shape index (κ3) is 2.33. The summed E-state index contributed by atoms with van der Waals surface area (Å²) in [5, 5.41) is 6.65. The van der Waals surface area contributed by atoms with Crippen molar-refractivity contribution in [1.29, 1.82) is 0 Å². The average molecular weight is 127 g/mol. The first-order valence-electron chi connectivity index (χ1n) is 3.67. The van der Waals surface area contributed by atoms with Gasteiger partial charge in [0.1, 0.15) is 0 Å². The Labute approximate surface area is 57.0 Å². The van der Waals surface area contributed by atoms with Crippen LogP contribution in [0, 0.1) is 6.92 Å². The van der Waals surface area contributed by atoms with E-state index in [0.29, 0.717) is 0 Å². The molecule has 1 radical (unpaired) electrons. The number of hydrogen-bond acceptors (Lipinski definition) is 2. The standard InChI is InChI=1S/C7H15N2/c1-2-9-7-3-5-8-6-4-7/h7-9H,1-6H2. The highest BCUT2D eigenvalue weighted by Gasteiger charge is 2.09. The molecule has 2 heteroatoms. The zero-order valence-corrected chi connectivity index (χ0v) is 5.82. The minimum Gasteiger partial charge on any atom is -0.317 e. The molecular formula is C7H15N2. The van der Waals surface area contributed by atoms with Gasteiger partial charge in [-0.05, 0) is 39.4 Å². The quantitative estimate of drug-likeness (QED) is 0.552. The monoisotopic (exact) mass is 127 g/mol. The predicted molar refractivity (Wildman–Crippen MR) is 39.3 cm³/mol. The molecule has 1 aliphatic rings. The Balaban J connectivity index is 2.08. The van der Waals surface area contributed by atoms with E-state index in [0.717, 1.165) is 25.7 Å². The first-order chi connectivity index (χ1) is 4.43. The lowest BCUT2D eigenvalue weighted by Crippen LogP contribution is -2.39. The second kappa shape index (κ2) is 3.85. The van der Waals surface area contributed by atoms with Crippen molar-refractivity contribution < 1.29 is 0 Å². The van der Waals surface area contributed by atoms with E-state index in [1.807, 2.05) is 0 Å². The van der Waals surface area contributed by atoms with E-state index in [1.54, 1.807) is 0 Å². The first kappa shape index (κ1) is 7.03. The number of rotatable bonds is 2. The minimum absolute atomic E-state index is 0.726. The van der Waals surface area contributed by atoms with Crippen LogP contribution in [0.4, 0.5) is 0 Å². The van der Waals surface area contributed by atoms with Crippen molar-refractivity contribution in [3.8, 4) is 0 Å². The Hall–Kier alpha value is -0.0800. The second-order valence-corrected chi connectivity index (χ2v) is 2.48. The van der Waals surface area contributed by atoms with Gasteiger partial charge in [0.15, 0.2) is 0 Å². The van der Waals surface area contributed by atoms with Crippen molar-refractivity contribution in [3.05, 3.63) is 6.92 Å². The van der Waals surface area contributed by atoms with Crippen LogP contribution in [0.1, 0.15) is 12.8 Å². The molecule has 0 aromatic heterocycles. The Kier molecular flexibility index (Phi) is 3.01. The molecule has 2 N–H and O–H groups in total. The summed E-state index contributed by atoms with van der Waals surface area (Å²) in [6.45, 7) is 6.94. The molecule has 1 heterocycles. The molecule has 1 rings (SSSR count). The van der Waals surface area contributed by atoms with E-state index in [-0.39, 0.29) is 0 Å². The van der Waals surface area contributed by atoms with Gasteiger partial charge in [-0.1, -0.05) is 0 Å². The maximum Gasteiger partial charge on any atom is 0.00912 e. The molecule has 0 aromatic rings. The summed E-state index contributed by atoms with van der Waals surface area (Å²) in [4.78, 5) is 0. The molecule has 0 aromatic carbocycles. The minimum atomic E-state index is 0.726. The molecule has 1 fully saturated rings. The smallest absolute Gasteiger partial charge is 0.00912 e. The van der Waals surface area contributed by atoms with Crippen molar-refractivity contribution >= 4 is 0 Å². The molecule has 0 aliphatic carbocycles. The second-order valence-electron chi connectivity index (χ2n) is 2.48. The maximum atomic E-state index is 3.75. The average Bonchev–Trinajstić information content (AvgIpc) is 1.91. The van der Waals surface area contributed by atoms with Crippen LogP contribution in [-0.2, 0) is 0 Å². The van der Waals surface area contributed by atoms with E-state index in [2.05, 4.69) is 17.6 Å². The normalized spacial score (nSPS) is 22.3. The Morgan fingerprint density at radius 2 is 2.11 bits per heavy atom. The highest BCUT2D eigenvalue weighted by molar-refractivity contribution is 4.73. The van der Waals surface area contributed by atoms with Gasteiger partial charge in [0.05, 0.1) is 0 Å². The van der Waals surface area contributed by atoms with E-state index >= 15 is 0 Å². The molecule has 1 saturated heterocycles. The molecule has 0 spiro atoms. The van der Waals surface area contributed by atoms with Crippen LogP contribution in [0.3, 0.4) is 0 Å². The summed E-state index contributed by atoms with van der Waals surface area (Å²) in [5.41, 5.74) is 0. The van der Waals surface area contributed by atoms with Crippen molar-refractivity contribution in [3.63, 3.8) is 0 Å². The molecule has 2 nitrogen and oxygen atoms in total. The van der Waals surface area contributed by atoms with Gasteiger partial charge in [-0.3, -0.25) is 0 Å². The Bertz CT molecular complexity index is 64.6. The topological polar surface area (TPSA) is 24.1 Å². The zero-order chi connectivity index (χ0) is 6.53. The van der Waals surface area contributed by atoms with E-state index in [9.17, 15) is 0 Å². The zero-order valence-electron chi connectivity index (χ0n) is 5.82. The first-order valence-corrected chi connectivity index (χ1v) is 3.67. The van der Waals surface area contributed by atoms with Gasteiger partial charge in [0.25, 0.3) is 0 Å². The summed E-state index contributed by atoms with van der Waals surface area (Å²) in [6, 6.07) is 0.726. The summed E-state index contributed by atoms with van der Waals surface area (Å²) < 4.78 is 0. The van der Waals surface area contributed by atoms with Crippen LogP contribution in [0.25, 0.3) is 0 Å². The molecule has 0 amide bonds. The number of nitrogens with one attached hydrogen (secondary N) is 2. The van der Waals surface area contributed by atoms with Crippen molar-refractivity contribution in [1.82, 2.24) is 10.6 Å². The highest BCUT2D eigenvalue weighted by atomic mass is 15.0. The van der Waals surface area contributed by atoms with Gasteiger partial charge < -0.3 is 10.6 Å². The maximum absolute atomic E-state index is 3.75. The van der Waals surface area contributed by atoms with Crippen LogP contribution in [0.15, 0.2) is 0 Å². The van der Waals surface area contributed by atoms with E-state index in [1.165, 1.54) is 12.8 Å². The molecule has 1 aliphatic heterocycles. The van der Waals surface area contributed by atoms with E-state index < -0.39 is 0 Å². The molecule has 53 valence electrons. The third-order valence-corrected chi connectivity index (χ3v) is 1.77. The SMILES string of the molecule is [CH2]CNC1CCNCC1. The summed E-state index contributed by atoms with van der Waals surface area (Å²) >= 11 is 0. The Morgan fingerprint density at radius 1 is 1.44 bits per heavy atom. The van der Waals surface area contributed by atoms with Gasteiger partial charge in [-0.2, -0.15) is 0 Å².